The van der Waals surface area contributed by atoms with Gasteiger partial charge in [-0.2, -0.15) is 0 Å². The fourth-order valence-electron chi connectivity index (χ4n) is 3.64. The van der Waals surface area contributed by atoms with Gasteiger partial charge in [0.2, 0.25) is 0 Å². The molecule has 0 amide bonds. The average molecular weight is 348 g/mol. The lowest BCUT2D eigenvalue weighted by Gasteiger charge is -2.28. The van der Waals surface area contributed by atoms with Crippen LogP contribution in [0.15, 0.2) is 53.5 Å². The van der Waals surface area contributed by atoms with Crippen molar-refractivity contribution < 1.29 is 0 Å². The SMILES string of the molecule is CCn1c(=O)ccc2cnc(Nc3ccc(N4CCCCC4)cc3)cc21. The lowest BCUT2D eigenvalue weighted by atomic mass is 10.1. The number of anilines is 3. The van der Waals surface area contributed by atoms with Crippen LogP contribution in [0.1, 0.15) is 26.2 Å². The van der Waals surface area contributed by atoms with Gasteiger partial charge in [-0.25, -0.2) is 4.98 Å². The topological polar surface area (TPSA) is 50.2 Å². The molecule has 0 spiro atoms. The van der Waals surface area contributed by atoms with Crippen molar-refractivity contribution in [2.75, 3.05) is 23.3 Å². The van der Waals surface area contributed by atoms with Crippen molar-refractivity contribution in [3.63, 3.8) is 0 Å². The third-order valence-electron chi connectivity index (χ3n) is 5.05. The molecule has 0 radical (unpaired) electrons. The summed E-state index contributed by atoms with van der Waals surface area (Å²) in [5.74, 6) is 0.746. The Morgan fingerprint density at radius 3 is 2.54 bits per heavy atom. The second kappa shape index (κ2) is 7.20. The molecule has 1 saturated heterocycles. The van der Waals surface area contributed by atoms with E-state index in [9.17, 15) is 4.79 Å². The number of benzene rings is 1. The number of pyridine rings is 2. The highest BCUT2D eigenvalue weighted by atomic mass is 16.1. The predicted octanol–water partition coefficient (Wildman–Crippen LogP) is 4.15. The Bertz CT molecular complexity index is 956. The van der Waals surface area contributed by atoms with Gasteiger partial charge >= 0.3 is 0 Å². The minimum absolute atomic E-state index is 0.0167. The van der Waals surface area contributed by atoms with Crippen molar-refractivity contribution >= 4 is 28.1 Å². The molecule has 0 bridgehead atoms. The summed E-state index contributed by atoms with van der Waals surface area (Å²) in [6.07, 6.45) is 5.71. The molecule has 1 aliphatic rings. The Balaban J connectivity index is 1.57. The van der Waals surface area contributed by atoms with Gasteiger partial charge in [0, 0.05) is 54.7 Å². The van der Waals surface area contributed by atoms with E-state index < -0.39 is 0 Å². The highest BCUT2D eigenvalue weighted by molar-refractivity contribution is 5.81. The van der Waals surface area contributed by atoms with E-state index in [0.717, 1.165) is 35.5 Å². The van der Waals surface area contributed by atoms with Crippen LogP contribution in [-0.2, 0) is 6.54 Å². The summed E-state index contributed by atoms with van der Waals surface area (Å²) >= 11 is 0. The van der Waals surface area contributed by atoms with E-state index in [1.807, 2.05) is 25.3 Å². The first-order valence-electron chi connectivity index (χ1n) is 9.36. The second-order valence-electron chi connectivity index (χ2n) is 6.76. The van der Waals surface area contributed by atoms with Gasteiger partial charge in [-0.1, -0.05) is 0 Å². The molecule has 5 heteroatoms. The molecule has 5 nitrogen and oxygen atoms in total. The molecular weight excluding hydrogens is 324 g/mol. The standard InChI is InChI=1S/C21H24N4O/c1-2-25-19-14-20(22-15-16(19)6-11-21(25)26)23-17-7-9-18(10-8-17)24-12-4-3-5-13-24/h6-11,14-15H,2-5,12-13H2,1H3,(H,22,23). The number of piperidine rings is 1. The maximum atomic E-state index is 12.0. The monoisotopic (exact) mass is 348 g/mol. The van der Waals surface area contributed by atoms with Crippen LogP contribution in [0.5, 0.6) is 0 Å². The molecule has 0 aliphatic carbocycles. The molecule has 1 aromatic carbocycles. The van der Waals surface area contributed by atoms with Crippen LogP contribution in [0.25, 0.3) is 10.9 Å². The highest BCUT2D eigenvalue weighted by Gasteiger charge is 2.10. The fraction of sp³-hybridized carbons (Fsp3) is 0.333. The van der Waals surface area contributed by atoms with Gasteiger partial charge < -0.3 is 14.8 Å². The number of fused-ring (bicyclic) bond motifs is 1. The molecule has 4 rings (SSSR count). The first-order chi connectivity index (χ1) is 12.7. The molecular formula is C21H24N4O. The molecule has 3 heterocycles. The molecule has 1 N–H and O–H groups in total. The van der Waals surface area contributed by atoms with Crippen LogP contribution in [-0.4, -0.2) is 22.6 Å². The van der Waals surface area contributed by atoms with Crippen molar-refractivity contribution in [3.8, 4) is 0 Å². The smallest absolute Gasteiger partial charge is 0.251 e. The van der Waals surface area contributed by atoms with Crippen molar-refractivity contribution in [2.24, 2.45) is 0 Å². The minimum Gasteiger partial charge on any atom is -0.372 e. The van der Waals surface area contributed by atoms with E-state index in [1.54, 1.807) is 10.6 Å². The summed E-state index contributed by atoms with van der Waals surface area (Å²) in [7, 11) is 0. The van der Waals surface area contributed by atoms with E-state index >= 15 is 0 Å². The number of aryl methyl sites for hydroxylation is 1. The molecule has 0 saturated carbocycles. The average Bonchev–Trinajstić information content (AvgIpc) is 2.69. The largest absolute Gasteiger partial charge is 0.372 e. The summed E-state index contributed by atoms with van der Waals surface area (Å²) in [6, 6.07) is 13.9. The van der Waals surface area contributed by atoms with Gasteiger partial charge in [0.25, 0.3) is 5.56 Å². The number of rotatable bonds is 4. The van der Waals surface area contributed by atoms with E-state index in [4.69, 9.17) is 0 Å². The Morgan fingerprint density at radius 1 is 1.04 bits per heavy atom. The lowest BCUT2D eigenvalue weighted by Crippen LogP contribution is -2.29. The molecule has 26 heavy (non-hydrogen) atoms. The first-order valence-corrected chi connectivity index (χ1v) is 9.36. The molecule has 0 unspecified atom stereocenters. The van der Waals surface area contributed by atoms with Crippen LogP contribution in [0.2, 0.25) is 0 Å². The van der Waals surface area contributed by atoms with E-state index in [2.05, 4.69) is 39.5 Å². The van der Waals surface area contributed by atoms with Gasteiger partial charge in [0.1, 0.15) is 5.82 Å². The van der Waals surface area contributed by atoms with Gasteiger partial charge in [-0.15, -0.1) is 0 Å². The summed E-state index contributed by atoms with van der Waals surface area (Å²) < 4.78 is 1.77. The summed E-state index contributed by atoms with van der Waals surface area (Å²) in [4.78, 5) is 19.0. The normalized spacial score (nSPS) is 14.6. The lowest BCUT2D eigenvalue weighted by molar-refractivity contribution is 0.578. The number of hydrogen-bond acceptors (Lipinski definition) is 4. The van der Waals surface area contributed by atoms with E-state index in [1.165, 1.54) is 24.9 Å². The van der Waals surface area contributed by atoms with Crippen LogP contribution >= 0.6 is 0 Å². The number of nitrogens with one attached hydrogen (secondary N) is 1. The molecule has 3 aromatic rings. The van der Waals surface area contributed by atoms with Crippen LogP contribution in [0.3, 0.4) is 0 Å². The van der Waals surface area contributed by atoms with Crippen molar-refractivity contribution in [3.05, 3.63) is 59.0 Å². The Hall–Kier alpha value is -2.82. The highest BCUT2D eigenvalue weighted by Crippen LogP contribution is 2.24. The summed E-state index contributed by atoms with van der Waals surface area (Å²) in [6.45, 7) is 4.92. The van der Waals surface area contributed by atoms with Gasteiger partial charge in [-0.3, -0.25) is 4.79 Å². The summed E-state index contributed by atoms with van der Waals surface area (Å²) in [5, 5.41) is 4.32. The zero-order chi connectivity index (χ0) is 17.9. The van der Waals surface area contributed by atoms with E-state index in [-0.39, 0.29) is 5.56 Å². The Kier molecular flexibility index (Phi) is 4.61. The number of nitrogens with zero attached hydrogens (tertiary/aromatic N) is 3. The molecule has 134 valence electrons. The third kappa shape index (κ3) is 3.29. The molecule has 2 aromatic heterocycles. The van der Waals surface area contributed by atoms with Crippen molar-refractivity contribution in [1.29, 1.82) is 0 Å². The van der Waals surface area contributed by atoms with Gasteiger partial charge in [-0.05, 0) is 56.5 Å². The van der Waals surface area contributed by atoms with E-state index in [0.29, 0.717) is 6.54 Å². The number of aromatic nitrogens is 2. The third-order valence-corrected chi connectivity index (χ3v) is 5.05. The minimum atomic E-state index is 0.0167. The molecule has 1 aliphatic heterocycles. The van der Waals surface area contributed by atoms with Crippen LogP contribution in [0, 0.1) is 0 Å². The maximum Gasteiger partial charge on any atom is 0.251 e. The van der Waals surface area contributed by atoms with Gasteiger partial charge in [0.15, 0.2) is 0 Å². The summed E-state index contributed by atoms with van der Waals surface area (Å²) in [5.41, 5.74) is 3.20. The Labute approximate surface area is 153 Å². The van der Waals surface area contributed by atoms with Crippen molar-refractivity contribution in [1.82, 2.24) is 9.55 Å². The molecule has 0 atom stereocenters. The number of hydrogen-bond donors (Lipinski definition) is 1. The van der Waals surface area contributed by atoms with Crippen LogP contribution < -0.4 is 15.8 Å². The predicted molar refractivity (Wildman–Crippen MR) is 107 cm³/mol. The van der Waals surface area contributed by atoms with Crippen molar-refractivity contribution in [2.45, 2.75) is 32.7 Å². The molecule has 1 fully saturated rings. The second-order valence-corrected chi connectivity index (χ2v) is 6.76. The maximum absolute atomic E-state index is 12.0. The van der Waals surface area contributed by atoms with Crippen LogP contribution in [0.4, 0.5) is 17.2 Å². The quantitative estimate of drug-likeness (QED) is 0.769. The first kappa shape index (κ1) is 16.6. The zero-order valence-corrected chi connectivity index (χ0v) is 15.1. The van der Waals surface area contributed by atoms with Gasteiger partial charge in [0.05, 0.1) is 5.52 Å². The zero-order valence-electron chi connectivity index (χ0n) is 15.1. The Morgan fingerprint density at radius 2 is 1.81 bits per heavy atom. The fourth-order valence-corrected chi connectivity index (χ4v) is 3.64.